The van der Waals surface area contributed by atoms with Crippen LogP contribution in [-0.2, 0) is 0 Å². The summed E-state index contributed by atoms with van der Waals surface area (Å²) in [5.41, 5.74) is 0. The van der Waals surface area contributed by atoms with Gasteiger partial charge in [-0.1, -0.05) is 17.8 Å². The van der Waals surface area contributed by atoms with E-state index in [0.29, 0.717) is 17.0 Å². The molecule has 6 heteroatoms. The summed E-state index contributed by atoms with van der Waals surface area (Å²) in [6, 6.07) is 0.218. The van der Waals surface area contributed by atoms with Crippen LogP contribution in [0.25, 0.3) is 0 Å². The Hall–Kier alpha value is -1.17. The number of nitrogens with one attached hydrogen (secondary N) is 2. The Kier molecular flexibility index (Phi) is 3.15. The zero-order valence-electron chi connectivity index (χ0n) is 8.56. The quantitative estimate of drug-likeness (QED) is 0.823. The van der Waals surface area contributed by atoms with Gasteiger partial charge in [-0.2, -0.15) is 0 Å². The Morgan fingerprint density at radius 2 is 2.60 bits per heavy atom. The molecule has 1 aromatic rings. The molecule has 1 aromatic heterocycles. The van der Waals surface area contributed by atoms with Crippen molar-refractivity contribution in [2.75, 3.05) is 5.32 Å². The monoisotopic (exact) mass is 226 g/mol. The first-order valence-corrected chi connectivity index (χ1v) is 5.91. The molecule has 1 fully saturated rings. The van der Waals surface area contributed by atoms with Crippen molar-refractivity contribution in [1.29, 1.82) is 0 Å². The maximum Gasteiger partial charge on any atom is 0.320 e. The molecule has 1 saturated carbocycles. The Labute approximate surface area is 92.4 Å². The second-order valence-corrected chi connectivity index (χ2v) is 4.56. The third kappa shape index (κ3) is 2.89. The molecule has 0 saturated heterocycles. The normalized spacial score (nSPS) is 23.5. The van der Waals surface area contributed by atoms with E-state index in [1.54, 1.807) is 6.20 Å². The summed E-state index contributed by atoms with van der Waals surface area (Å²) >= 11 is 1.18. The molecular formula is C9H14N4OS. The van der Waals surface area contributed by atoms with Crippen molar-refractivity contribution in [2.24, 2.45) is 5.92 Å². The van der Waals surface area contributed by atoms with Crippen molar-refractivity contribution in [3.8, 4) is 0 Å². The molecule has 0 aromatic carbocycles. The second-order valence-electron chi connectivity index (χ2n) is 3.77. The number of amides is 2. The summed E-state index contributed by atoms with van der Waals surface area (Å²) in [4.78, 5) is 11.4. The van der Waals surface area contributed by atoms with Crippen LogP contribution in [0.2, 0.25) is 0 Å². The molecule has 0 bridgehead atoms. The molecule has 82 valence electrons. The van der Waals surface area contributed by atoms with Gasteiger partial charge in [-0.25, -0.2) is 4.79 Å². The van der Waals surface area contributed by atoms with E-state index < -0.39 is 0 Å². The molecule has 1 heterocycles. The highest BCUT2D eigenvalue weighted by molar-refractivity contribution is 7.10. The van der Waals surface area contributed by atoms with Crippen molar-refractivity contribution in [3.05, 3.63) is 6.20 Å². The predicted octanol–water partition coefficient (Wildman–Crippen LogP) is 1.85. The fraction of sp³-hybridized carbons (Fsp3) is 0.667. The van der Waals surface area contributed by atoms with Gasteiger partial charge in [-0.05, 0) is 18.8 Å². The Bertz CT molecular complexity index is 327. The van der Waals surface area contributed by atoms with Crippen molar-refractivity contribution >= 4 is 22.6 Å². The number of urea groups is 1. The van der Waals surface area contributed by atoms with Crippen molar-refractivity contribution in [1.82, 2.24) is 14.9 Å². The lowest BCUT2D eigenvalue weighted by molar-refractivity contribution is 0.251. The molecule has 0 spiro atoms. The third-order valence-corrected chi connectivity index (χ3v) is 3.08. The number of hydrogen-bond donors (Lipinski definition) is 2. The number of carbonyl (C=O) groups is 1. The molecule has 2 N–H and O–H groups in total. The smallest absolute Gasteiger partial charge is 0.320 e. The molecule has 2 atom stereocenters. The number of hydrogen-bond acceptors (Lipinski definition) is 4. The minimum Gasteiger partial charge on any atom is -0.335 e. The van der Waals surface area contributed by atoms with Gasteiger partial charge in [0, 0.05) is 17.6 Å². The molecule has 0 aliphatic heterocycles. The molecule has 1 aliphatic carbocycles. The lowest BCUT2D eigenvalue weighted by Gasteiger charge is -2.03. The van der Waals surface area contributed by atoms with E-state index in [1.165, 1.54) is 24.4 Å². The van der Waals surface area contributed by atoms with Gasteiger partial charge >= 0.3 is 6.03 Å². The van der Waals surface area contributed by atoms with E-state index >= 15 is 0 Å². The molecule has 0 unspecified atom stereocenters. The molecule has 2 amide bonds. The van der Waals surface area contributed by atoms with Crippen molar-refractivity contribution < 1.29 is 4.79 Å². The van der Waals surface area contributed by atoms with E-state index in [1.807, 2.05) is 0 Å². The summed E-state index contributed by atoms with van der Waals surface area (Å²) in [7, 11) is 0. The highest BCUT2D eigenvalue weighted by Crippen LogP contribution is 2.34. The first kappa shape index (κ1) is 10.4. The SMILES string of the molecule is CCC[C@H]1C[C@@H]1NC(=O)Nc1cnns1. The first-order valence-electron chi connectivity index (χ1n) is 5.14. The molecule has 0 radical (unpaired) electrons. The molecule has 5 nitrogen and oxygen atoms in total. The summed E-state index contributed by atoms with van der Waals surface area (Å²) < 4.78 is 3.66. The molecule has 2 rings (SSSR count). The van der Waals surface area contributed by atoms with Crippen molar-refractivity contribution in [2.45, 2.75) is 32.2 Å². The highest BCUT2D eigenvalue weighted by Gasteiger charge is 2.37. The van der Waals surface area contributed by atoms with Crippen molar-refractivity contribution in [3.63, 3.8) is 0 Å². The summed E-state index contributed by atoms with van der Waals surface area (Å²) in [5.74, 6) is 0.681. The van der Waals surface area contributed by atoms with Crippen LogP contribution in [0.3, 0.4) is 0 Å². The van der Waals surface area contributed by atoms with Gasteiger partial charge in [-0.3, -0.25) is 5.32 Å². The van der Waals surface area contributed by atoms with Crippen LogP contribution < -0.4 is 10.6 Å². The summed E-state index contributed by atoms with van der Waals surface area (Å²) in [5, 5.41) is 9.95. The van der Waals surface area contributed by atoms with Gasteiger partial charge in [0.25, 0.3) is 0 Å². The van der Waals surface area contributed by atoms with Crippen LogP contribution in [0.1, 0.15) is 26.2 Å². The second kappa shape index (κ2) is 4.57. The number of rotatable bonds is 4. The van der Waals surface area contributed by atoms with Gasteiger partial charge in [0.2, 0.25) is 0 Å². The molecular weight excluding hydrogens is 212 g/mol. The lowest BCUT2D eigenvalue weighted by atomic mass is 10.2. The number of aromatic nitrogens is 2. The zero-order chi connectivity index (χ0) is 10.7. The fourth-order valence-corrected chi connectivity index (χ4v) is 2.07. The minimum absolute atomic E-state index is 0.148. The minimum atomic E-state index is -0.148. The number of nitrogens with zero attached hydrogens (tertiary/aromatic N) is 2. The zero-order valence-corrected chi connectivity index (χ0v) is 9.38. The van der Waals surface area contributed by atoms with Gasteiger partial charge in [0.1, 0.15) is 5.00 Å². The largest absolute Gasteiger partial charge is 0.335 e. The van der Waals surface area contributed by atoms with Crippen LogP contribution in [0.4, 0.5) is 9.80 Å². The molecule has 1 aliphatic rings. The summed E-state index contributed by atoms with van der Waals surface area (Å²) in [6.07, 6.45) is 5.04. The Morgan fingerprint density at radius 1 is 1.73 bits per heavy atom. The van der Waals surface area contributed by atoms with Crippen LogP contribution >= 0.6 is 11.5 Å². The van der Waals surface area contributed by atoms with E-state index in [4.69, 9.17) is 0 Å². The summed E-state index contributed by atoms with van der Waals surface area (Å²) in [6.45, 7) is 2.17. The maximum absolute atomic E-state index is 11.4. The first-order chi connectivity index (χ1) is 7.29. The van der Waals surface area contributed by atoms with E-state index in [9.17, 15) is 4.79 Å². The van der Waals surface area contributed by atoms with Crippen LogP contribution in [-0.4, -0.2) is 21.7 Å². The standard InChI is InChI=1S/C9H14N4OS/c1-2-3-6-4-7(6)11-9(14)12-8-5-10-13-15-8/h5-7H,2-4H2,1H3,(H2,11,12,14)/t6-,7-/m0/s1. The maximum atomic E-state index is 11.4. The van der Waals surface area contributed by atoms with Gasteiger partial charge < -0.3 is 5.32 Å². The van der Waals surface area contributed by atoms with Gasteiger partial charge in [0.15, 0.2) is 0 Å². The Morgan fingerprint density at radius 3 is 3.27 bits per heavy atom. The average molecular weight is 226 g/mol. The van der Waals surface area contributed by atoms with Gasteiger partial charge in [-0.15, -0.1) is 5.10 Å². The lowest BCUT2D eigenvalue weighted by Crippen LogP contribution is -2.31. The van der Waals surface area contributed by atoms with E-state index in [0.717, 1.165) is 6.42 Å². The average Bonchev–Trinajstić information content (AvgIpc) is 2.73. The van der Waals surface area contributed by atoms with E-state index in [-0.39, 0.29) is 6.03 Å². The number of anilines is 1. The predicted molar refractivity (Wildman–Crippen MR) is 58.9 cm³/mol. The fourth-order valence-electron chi connectivity index (χ4n) is 1.65. The van der Waals surface area contributed by atoms with Crippen LogP contribution in [0, 0.1) is 5.92 Å². The molecule has 15 heavy (non-hydrogen) atoms. The van der Waals surface area contributed by atoms with Crippen LogP contribution in [0.5, 0.6) is 0 Å². The topological polar surface area (TPSA) is 66.9 Å². The Balaban J connectivity index is 1.70. The third-order valence-electron chi connectivity index (χ3n) is 2.50. The number of carbonyl (C=O) groups excluding carboxylic acids is 1. The van der Waals surface area contributed by atoms with Gasteiger partial charge in [0.05, 0.1) is 6.20 Å². The van der Waals surface area contributed by atoms with E-state index in [2.05, 4.69) is 27.1 Å². The highest BCUT2D eigenvalue weighted by atomic mass is 32.1. The van der Waals surface area contributed by atoms with Crippen LogP contribution in [0.15, 0.2) is 6.20 Å².